The van der Waals surface area contributed by atoms with E-state index in [-0.39, 0.29) is 21.4 Å². The molecule has 1 saturated heterocycles. The Morgan fingerprint density at radius 2 is 1.75 bits per heavy atom. The predicted octanol–water partition coefficient (Wildman–Crippen LogP) is 4.86. The van der Waals surface area contributed by atoms with Gasteiger partial charge in [0.25, 0.3) is 11.8 Å². The Hall–Kier alpha value is -3.36. The molecule has 5 nitrogen and oxygen atoms in total. The van der Waals surface area contributed by atoms with Crippen LogP contribution in [0.1, 0.15) is 17.0 Å². The highest BCUT2D eigenvalue weighted by molar-refractivity contribution is 7.80. The minimum atomic E-state index is -0.738. The third-order valence-electron chi connectivity index (χ3n) is 5.13. The van der Waals surface area contributed by atoms with Gasteiger partial charge < -0.3 is 4.57 Å². The average molecular weight is 472 g/mol. The van der Waals surface area contributed by atoms with Gasteiger partial charge in [0, 0.05) is 17.1 Å². The van der Waals surface area contributed by atoms with E-state index in [1.54, 1.807) is 25.1 Å². The molecule has 162 valence electrons. The lowest BCUT2D eigenvalue weighted by molar-refractivity contribution is -0.122. The summed E-state index contributed by atoms with van der Waals surface area (Å²) >= 11 is 11.0. The molecule has 0 unspecified atom stereocenters. The van der Waals surface area contributed by atoms with E-state index in [0.717, 1.165) is 10.6 Å². The van der Waals surface area contributed by atoms with Crippen molar-refractivity contribution in [2.45, 2.75) is 13.8 Å². The first-order chi connectivity index (χ1) is 15.2. The number of amides is 2. The lowest BCUT2D eigenvalue weighted by atomic mass is 10.1. The minimum Gasteiger partial charge on any atom is -0.318 e. The van der Waals surface area contributed by atoms with Crippen molar-refractivity contribution in [2.24, 2.45) is 0 Å². The third kappa shape index (κ3) is 3.72. The second-order valence-electron chi connectivity index (χ2n) is 7.17. The molecule has 4 rings (SSSR count). The zero-order chi connectivity index (χ0) is 23.2. The van der Waals surface area contributed by atoms with Crippen LogP contribution in [0.2, 0.25) is 5.02 Å². The molecule has 1 aromatic heterocycles. The number of aromatic nitrogens is 1. The van der Waals surface area contributed by atoms with Crippen LogP contribution >= 0.6 is 23.8 Å². The molecule has 1 aliphatic heterocycles. The van der Waals surface area contributed by atoms with Crippen LogP contribution in [0, 0.1) is 25.5 Å². The van der Waals surface area contributed by atoms with Gasteiger partial charge in [-0.3, -0.25) is 14.9 Å². The molecule has 0 atom stereocenters. The highest BCUT2D eigenvalue weighted by Gasteiger charge is 2.35. The van der Waals surface area contributed by atoms with Gasteiger partial charge in [-0.25, -0.2) is 13.7 Å². The van der Waals surface area contributed by atoms with Crippen molar-refractivity contribution in [3.05, 3.63) is 87.7 Å². The van der Waals surface area contributed by atoms with Gasteiger partial charge in [0.2, 0.25) is 0 Å². The second kappa shape index (κ2) is 8.29. The molecule has 3 aromatic rings. The molecule has 2 amide bonds. The number of aryl methyl sites for hydroxylation is 1. The second-order valence-corrected chi connectivity index (χ2v) is 7.96. The van der Waals surface area contributed by atoms with Gasteiger partial charge in [-0.15, -0.1) is 0 Å². The smallest absolute Gasteiger partial charge is 0.270 e. The van der Waals surface area contributed by atoms with Gasteiger partial charge in [0.15, 0.2) is 5.11 Å². The topological polar surface area (TPSA) is 54.3 Å². The Labute approximate surface area is 192 Å². The quantitative estimate of drug-likeness (QED) is 0.337. The van der Waals surface area contributed by atoms with Crippen molar-refractivity contribution in [1.29, 1.82) is 0 Å². The molecule has 0 radical (unpaired) electrons. The number of benzene rings is 2. The average Bonchev–Trinajstić information content (AvgIpc) is 3.01. The van der Waals surface area contributed by atoms with Crippen LogP contribution < -0.4 is 10.2 Å². The molecule has 0 saturated carbocycles. The van der Waals surface area contributed by atoms with Crippen LogP contribution in [0.3, 0.4) is 0 Å². The van der Waals surface area contributed by atoms with Gasteiger partial charge in [-0.2, -0.15) is 0 Å². The molecule has 2 heterocycles. The third-order valence-corrected chi connectivity index (χ3v) is 5.70. The van der Waals surface area contributed by atoms with Crippen molar-refractivity contribution in [2.75, 3.05) is 4.90 Å². The van der Waals surface area contributed by atoms with Crippen molar-refractivity contribution in [3.8, 4) is 5.69 Å². The van der Waals surface area contributed by atoms with Crippen molar-refractivity contribution in [3.63, 3.8) is 0 Å². The van der Waals surface area contributed by atoms with Gasteiger partial charge in [0.1, 0.15) is 17.2 Å². The van der Waals surface area contributed by atoms with Crippen LogP contribution in [-0.4, -0.2) is 21.5 Å². The number of hydrogen-bond donors (Lipinski definition) is 1. The van der Waals surface area contributed by atoms with E-state index in [4.69, 9.17) is 23.8 Å². The number of hydrogen-bond acceptors (Lipinski definition) is 3. The highest BCUT2D eigenvalue weighted by atomic mass is 35.5. The SMILES string of the molecule is Cc1cc(C=C2C(=O)NC(=S)N(c3ccccc3F)C2=O)c(C)n1-c1ccc(F)c(Cl)c1. The lowest BCUT2D eigenvalue weighted by Gasteiger charge is -2.29. The first kappa shape index (κ1) is 21.9. The van der Waals surface area contributed by atoms with Crippen LogP contribution in [-0.2, 0) is 9.59 Å². The molecular formula is C23H16ClF2N3O2S. The number of nitrogens with one attached hydrogen (secondary N) is 1. The van der Waals surface area contributed by atoms with E-state index in [2.05, 4.69) is 5.32 Å². The molecule has 1 N–H and O–H groups in total. The Balaban J connectivity index is 1.78. The van der Waals surface area contributed by atoms with E-state index in [9.17, 15) is 18.4 Å². The maximum absolute atomic E-state index is 14.3. The highest BCUT2D eigenvalue weighted by Crippen LogP contribution is 2.28. The van der Waals surface area contributed by atoms with Crippen LogP contribution in [0.25, 0.3) is 11.8 Å². The first-order valence-electron chi connectivity index (χ1n) is 9.49. The van der Waals surface area contributed by atoms with E-state index < -0.39 is 23.4 Å². The largest absolute Gasteiger partial charge is 0.318 e. The zero-order valence-corrected chi connectivity index (χ0v) is 18.5. The van der Waals surface area contributed by atoms with Gasteiger partial charge in [0.05, 0.1) is 10.7 Å². The molecule has 0 spiro atoms. The summed E-state index contributed by atoms with van der Waals surface area (Å²) in [6.07, 6.45) is 1.43. The Morgan fingerprint density at radius 1 is 1.03 bits per heavy atom. The molecule has 0 aliphatic carbocycles. The number of thiocarbonyl (C=S) groups is 1. The maximum Gasteiger partial charge on any atom is 0.270 e. The fourth-order valence-electron chi connectivity index (χ4n) is 3.62. The summed E-state index contributed by atoms with van der Waals surface area (Å²) in [7, 11) is 0. The zero-order valence-electron chi connectivity index (χ0n) is 16.9. The molecule has 0 bridgehead atoms. The van der Waals surface area contributed by atoms with Crippen LogP contribution in [0.4, 0.5) is 14.5 Å². The Bertz CT molecular complexity index is 1330. The van der Waals surface area contributed by atoms with Gasteiger partial charge in [-0.05, 0) is 74.1 Å². The molecule has 32 heavy (non-hydrogen) atoms. The maximum atomic E-state index is 14.3. The summed E-state index contributed by atoms with van der Waals surface area (Å²) in [5, 5.41) is 2.22. The monoisotopic (exact) mass is 471 g/mol. The van der Waals surface area contributed by atoms with Crippen LogP contribution in [0.5, 0.6) is 0 Å². The summed E-state index contributed by atoms with van der Waals surface area (Å²) in [6.45, 7) is 3.62. The summed E-state index contributed by atoms with van der Waals surface area (Å²) in [5.41, 5.74) is 2.44. The van der Waals surface area contributed by atoms with E-state index >= 15 is 0 Å². The number of para-hydroxylation sites is 1. The molecule has 1 aliphatic rings. The summed E-state index contributed by atoms with van der Waals surface area (Å²) in [6, 6.07) is 11.8. The molecule has 2 aromatic carbocycles. The number of halogens is 3. The van der Waals surface area contributed by atoms with E-state index in [1.807, 2.05) is 11.5 Å². The van der Waals surface area contributed by atoms with Crippen LogP contribution in [0.15, 0.2) is 54.1 Å². The lowest BCUT2D eigenvalue weighted by Crippen LogP contribution is -2.54. The number of anilines is 1. The van der Waals surface area contributed by atoms with Crippen molar-refractivity contribution in [1.82, 2.24) is 9.88 Å². The predicted molar refractivity (Wildman–Crippen MR) is 123 cm³/mol. The molecular weight excluding hydrogens is 456 g/mol. The van der Waals surface area contributed by atoms with E-state index in [1.165, 1.54) is 36.4 Å². The summed E-state index contributed by atoms with van der Waals surface area (Å²) in [4.78, 5) is 26.7. The summed E-state index contributed by atoms with van der Waals surface area (Å²) in [5.74, 6) is -2.60. The number of nitrogens with zero attached hydrogens (tertiary/aromatic N) is 2. The Morgan fingerprint density at radius 3 is 2.44 bits per heavy atom. The minimum absolute atomic E-state index is 0.0224. The Kier molecular flexibility index (Phi) is 5.66. The standard InChI is InChI=1S/C23H16ClF2N3O2S/c1-12-9-14(13(2)28(12)15-7-8-18(25)17(24)11-15)10-16-21(30)27-23(32)29(22(16)31)20-6-4-3-5-19(20)26/h3-11H,1-2H3,(H,27,30,32). The fraction of sp³-hybridized carbons (Fsp3) is 0.0870. The first-order valence-corrected chi connectivity index (χ1v) is 10.3. The number of rotatable bonds is 3. The fourth-order valence-corrected chi connectivity index (χ4v) is 4.07. The van der Waals surface area contributed by atoms with Gasteiger partial charge >= 0.3 is 0 Å². The molecule has 9 heteroatoms. The van der Waals surface area contributed by atoms with E-state index in [0.29, 0.717) is 16.9 Å². The molecule has 1 fully saturated rings. The van der Waals surface area contributed by atoms with Crippen molar-refractivity contribution < 1.29 is 18.4 Å². The van der Waals surface area contributed by atoms with Crippen molar-refractivity contribution >= 4 is 52.5 Å². The number of carbonyl (C=O) groups is 2. The summed E-state index contributed by atoms with van der Waals surface area (Å²) < 4.78 is 29.7. The number of carbonyl (C=O) groups excluding carboxylic acids is 2. The normalized spacial score (nSPS) is 15.5. The van der Waals surface area contributed by atoms with Gasteiger partial charge in [-0.1, -0.05) is 23.7 Å².